The summed E-state index contributed by atoms with van der Waals surface area (Å²) in [6.07, 6.45) is 2.28. The summed E-state index contributed by atoms with van der Waals surface area (Å²) < 4.78 is 18.9. The lowest BCUT2D eigenvalue weighted by Crippen LogP contribution is -2.58. The van der Waals surface area contributed by atoms with Gasteiger partial charge in [0, 0.05) is 19.0 Å². The molecule has 3 rings (SSSR count). The molecule has 1 aromatic rings. The fraction of sp³-hybridized carbons (Fsp3) is 0.588. The normalized spacial score (nSPS) is 29.6. The van der Waals surface area contributed by atoms with Gasteiger partial charge in [0.2, 0.25) is 5.91 Å². The first-order chi connectivity index (χ1) is 10.6. The van der Waals surface area contributed by atoms with Crippen molar-refractivity contribution in [2.75, 3.05) is 26.2 Å². The number of ether oxygens (including phenoxy) is 1. The minimum absolute atomic E-state index is 0.00516. The number of nitrogens with zero attached hydrogens (tertiary/aromatic N) is 1. The summed E-state index contributed by atoms with van der Waals surface area (Å²) in [5, 5.41) is 3.41. The summed E-state index contributed by atoms with van der Waals surface area (Å²) >= 11 is 0. The number of morpholine rings is 1. The first-order valence-electron chi connectivity index (χ1n) is 7.94. The van der Waals surface area contributed by atoms with E-state index in [2.05, 4.69) is 12.2 Å². The Morgan fingerprint density at radius 2 is 2.18 bits per heavy atom. The number of nitrogens with one attached hydrogen (secondary N) is 1. The summed E-state index contributed by atoms with van der Waals surface area (Å²) in [6, 6.07) is 6.34. The van der Waals surface area contributed by atoms with Gasteiger partial charge < -0.3 is 15.0 Å². The van der Waals surface area contributed by atoms with Crippen LogP contribution in [-0.2, 0) is 16.1 Å². The molecule has 2 unspecified atom stereocenters. The minimum atomic E-state index is -0.304. The van der Waals surface area contributed by atoms with E-state index in [1.54, 1.807) is 12.1 Å². The van der Waals surface area contributed by atoms with Crippen LogP contribution in [0.5, 0.6) is 0 Å². The number of amides is 1. The molecular weight excluding hydrogens is 283 g/mol. The number of benzene rings is 1. The number of halogens is 1. The Bertz CT molecular complexity index is 528. The van der Waals surface area contributed by atoms with Gasteiger partial charge in [0.05, 0.1) is 12.1 Å². The lowest BCUT2D eigenvalue weighted by molar-refractivity contribution is -0.172. The van der Waals surface area contributed by atoms with Crippen molar-refractivity contribution in [1.82, 2.24) is 10.2 Å². The Labute approximate surface area is 130 Å². The maximum atomic E-state index is 13.0. The molecule has 0 radical (unpaired) electrons. The summed E-state index contributed by atoms with van der Waals surface area (Å²) in [5.41, 5.74) is 0.641. The molecule has 1 aromatic carbocycles. The predicted octanol–water partition coefficient (Wildman–Crippen LogP) is 1.94. The van der Waals surface area contributed by atoms with E-state index in [-0.39, 0.29) is 23.9 Å². The van der Waals surface area contributed by atoms with Gasteiger partial charge in [-0.2, -0.15) is 0 Å². The molecule has 2 fully saturated rings. The van der Waals surface area contributed by atoms with Crippen LogP contribution in [0, 0.1) is 11.7 Å². The Balaban J connectivity index is 1.70. The van der Waals surface area contributed by atoms with Gasteiger partial charge in [-0.15, -0.1) is 0 Å². The highest BCUT2D eigenvalue weighted by Gasteiger charge is 2.42. The summed E-state index contributed by atoms with van der Waals surface area (Å²) in [4.78, 5) is 14.0. The third kappa shape index (κ3) is 3.31. The molecule has 22 heavy (non-hydrogen) atoms. The molecule has 0 saturated carbocycles. The fourth-order valence-corrected chi connectivity index (χ4v) is 3.40. The Morgan fingerprint density at radius 1 is 1.41 bits per heavy atom. The van der Waals surface area contributed by atoms with Crippen LogP contribution < -0.4 is 5.32 Å². The largest absolute Gasteiger partial charge is 0.363 e. The predicted molar refractivity (Wildman–Crippen MR) is 81.8 cm³/mol. The Kier molecular flexibility index (Phi) is 4.45. The highest BCUT2D eigenvalue weighted by atomic mass is 19.1. The summed E-state index contributed by atoms with van der Waals surface area (Å²) in [7, 11) is 0. The van der Waals surface area contributed by atoms with E-state index in [1.165, 1.54) is 12.1 Å². The quantitative estimate of drug-likeness (QED) is 0.928. The van der Waals surface area contributed by atoms with Gasteiger partial charge in [-0.3, -0.25) is 4.79 Å². The summed E-state index contributed by atoms with van der Waals surface area (Å²) in [5.74, 6) is 0.172. The fourth-order valence-electron chi connectivity index (χ4n) is 3.40. The van der Waals surface area contributed by atoms with E-state index >= 15 is 0 Å². The van der Waals surface area contributed by atoms with Crippen molar-refractivity contribution < 1.29 is 13.9 Å². The van der Waals surface area contributed by atoms with Crippen LogP contribution in [0.3, 0.4) is 0 Å². The zero-order valence-electron chi connectivity index (χ0n) is 13.0. The van der Waals surface area contributed by atoms with E-state index in [4.69, 9.17) is 4.74 Å². The number of hydrogen-bond donors (Lipinski definition) is 1. The lowest BCUT2D eigenvalue weighted by Gasteiger charge is -2.46. The minimum Gasteiger partial charge on any atom is -0.363 e. The monoisotopic (exact) mass is 306 g/mol. The average Bonchev–Trinajstić information content (AvgIpc) is 2.54. The van der Waals surface area contributed by atoms with Crippen LogP contribution in [0.1, 0.15) is 25.3 Å². The molecule has 2 atom stereocenters. The van der Waals surface area contributed by atoms with Crippen LogP contribution >= 0.6 is 0 Å². The molecule has 2 saturated heterocycles. The smallest absolute Gasteiger partial charge is 0.248 e. The average molecular weight is 306 g/mol. The van der Waals surface area contributed by atoms with Crippen molar-refractivity contribution in [2.45, 2.75) is 31.9 Å². The van der Waals surface area contributed by atoms with Crippen molar-refractivity contribution in [3.8, 4) is 0 Å². The molecule has 120 valence electrons. The highest BCUT2D eigenvalue weighted by molar-refractivity contribution is 5.78. The van der Waals surface area contributed by atoms with Crippen molar-refractivity contribution >= 4 is 5.91 Å². The molecule has 0 aliphatic carbocycles. The van der Waals surface area contributed by atoms with Gasteiger partial charge in [0.1, 0.15) is 12.4 Å². The molecule has 1 N–H and O–H groups in total. The molecule has 4 nitrogen and oxygen atoms in total. The Morgan fingerprint density at radius 3 is 2.86 bits per heavy atom. The number of carbonyl (C=O) groups is 1. The van der Waals surface area contributed by atoms with Crippen molar-refractivity contribution in [2.24, 2.45) is 5.92 Å². The highest BCUT2D eigenvalue weighted by Crippen LogP contribution is 2.31. The van der Waals surface area contributed by atoms with Crippen LogP contribution in [0.25, 0.3) is 0 Å². The van der Waals surface area contributed by atoms with E-state index in [1.807, 2.05) is 4.90 Å². The first kappa shape index (κ1) is 15.4. The van der Waals surface area contributed by atoms with Crippen LogP contribution in [0.4, 0.5) is 4.39 Å². The molecule has 5 heteroatoms. The van der Waals surface area contributed by atoms with Crippen LogP contribution in [0.15, 0.2) is 24.3 Å². The van der Waals surface area contributed by atoms with Crippen molar-refractivity contribution in [3.63, 3.8) is 0 Å². The third-order valence-corrected chi connectivity index (χ3v) is 4.83. The van der Waals surface area contributed by atoms with Gasteiger partial charge in [-0.1, -0.05) is 12.1 Å². The molecule has 0 aromatic heterocycles. The SMILES string of the molecule is CC1(C2CCCNC2)CN(Cc2ccc(F)cc2)C(=O)CO1. The van der Waals surface area contributed by atoms with E-state index in [0.29, 0.717) is 19.0 Å². The van der Waals surface area contributed by atoms with E-state index in [9.17, 15) is 9.18 Å². The number of hydrogen-bond acceptors (Lipinski definition) is 3. The van der Waals surface area contributed by atoms with Crippen molar-refractivity contribution in [1.29, 1.82) is 0 Å². The van der Waals surface area contributed by atoms with E-state index < -0.39 is 0 Å². The molecule has 2 aliphatic heterocycles. The third-order valence-electron chi connectivity index (χ3n) is 4.83. The molecule has 0 spiro atoms. The number of piperidine rings is 1. The Hall–Kier alpha value is -1.46. The lowest BCUT2D eigenvalue weighted by atomic mass is 9.82. The molecule has 1 amide bonds. The molecule has 0 bridgehead atoms. The van der Waals surface area contributed by atoms with Gasteiger partial charge in [-0.25, -0.2) is 4.39 Å². The zero-order chi connectivity index (χ0) is 15.6. The maximum absolute atomic E-state index is 13.0. The first-order valence-corrected chi connectivity index (χ1v) is 7.94. The van der Waals surface area contributed by atoms with Crippen LogP contribution in [0.2, 0.25) is 0 Å². The topological polar surface area (TPSA) is 41.6 Å². The molecule has 2 heterocycles. The van der Waals surface area contributed by atoms with Crippen molar-refractivity contribution in [3.05, 3.63) is 35.6 Å². The zero-order valence-corrected chi connectivity index (χ0v) is 13.0. The second kappa shape index (κ2) is 6.34. The number of carbonyl (C=O) groups excluding carboxylic acids is 1. The molecule has 2 aliphatic rings. The standard InChI is InChI=1S/C17H23FN2O2/c1-17(14-3-2-8-19-9-14)12-20(16(21)11-22-17)10-13-4-6-15(18)7-5-13/h4-7,14,19H,2-3,8-12H2,1H3. The maximum Gasteiger partial charge on any atom is 0.248 e. The number of rotatable bonds is 3. The second-order valence-electron chi connectivity index (χ2n) is 6.52. The van der Waals surface area contributed by atoms with Gasteiger partial charge in [0.15, 0.2) is 0 Å². The van der Waals surface area contributed by atoms with E-state index in [0.717, 1.165) is 31.5 Å². The van der Waals surface area contributed by atoms with Gasteiger partial charge in [-0.05, 0) is 44.0 Å². The van der Waals surface area contributed by atoms with Crippen LogP contribution in [-0.4, -0.2) is 42.6 Å². The van der Waals surface area contributed by atoms with Gasteiger partial charge in [0.25, 0.3) is 0 Å². The molecular formula is C17H23FN2O2. The second-order valence-corrected chi connectivity index (χ2v) is 6.52. The van der Waals surface area contributed by atoms with Gasteiger partial charge >= 0.3 is 0 Å². The summed E-state index contributed by atoms with van der Waals surface area (Å²) in [6.45, 7) is 5.34.